The number of carbonyl (C=O) groups excluding carboxylic acids is 1. The molecule has 0 saturated heterocycles. The minimum Gasteiger partial charge on any atom is -0.493 e. The van der Waals surface area contributed by atoms with Crippen LogP contribution in [0.5, 0.6) is 23.0 Å². The van der Waals surface area contributed by atoms with E-state index in [1.165, 1.54) is 25.3 Å². The highest BCUT2D eigenvalue weighted by Crippen LogP contribution is 2.32. The highest BCUT2D eigenvalue weighted by Gasteiger charge is 2.13. The number of benzene rings is 2. The molecule has 1 N–H and O–H groups in total. The summed E-state index contributed by atoms with van der Waals surface area (Å²) in [5.74, 6) is 1.10. The first kappa shape index (κ1) is 18.5. The van der Waals surface area contributed by atoms with Crippen LogP contribution >= 0.6 is 0 Å². The topological polar surface area (TPSA) is 66.0 Å². The van der Waals surface area contributed by atoms with E-state index in [2.05, 4.69) is 10.1 Å². The number of fused-ring (bicyclic) bond motifs is 1. The predicted molar refractivity (Wildman–Crippen MR) is 93.1 cm³/mol. The standard InChI is InChI=1S/C19H17F2NO5/c1-24-16-8-12(2-6-15(16)27-19(20)21)4-7-18(23)22-10-13-3-5-14-17(9-13)26-11-25-14/h2-9,19H,10-11H2,1H3,(H,22,23)/b7-4+. The second-order valence-electron chi connectivity index (χ2n) is 5.53. The summed E-state index contributed by atoms with van der Waals surface area (Å²) in [6, 6.07) is 9.83. The van der Waals surface area contributed by atoms with Crippen molar-refractivity contribution in [1.82, 2.24) is 5.32 Å². The van der Waals surface area contributed by atoms with E-state index < -0.39 is 6.61 Å². The number of rotatable bonds is 7. The van der Waals surface area contributed by atoms with Crippen LogP contribution in [0.1, 0.15) is 11.1 Å². The van der Waals surface area contributed by atoms with Gasteiger partial charge in [0.25, 0.3) is 0 Å². The average Bonchev–Trinajstić information content (AvgIpc) is 3.13. The summed E-state index contributed by atoms with van der Waals surface area (Å²) in [6.45, 7) is -2.43. The summed E-state index contributed by atoms with van der Waals surface area (Å²) < 4.78 is 44.6. The normalized spacial score (nSPS) is 12.4. The lowest BCUT2D eigenvalue weighted by Crippen LogP contribution is -2.20. The van der Waals surface area contributed by atoms with Crippen molar-refractivity contribution in [2.75, 3.05) is 13.9 Å². The highest BCUT2D eigenvalue weighted by molar-refractivity contribution is 5.91. The third kappa shape index (κ3) is 4.87. The lowest BCUT2D eigenvalue weighted by Gasteiger charge is -2.10. The quantitative estimate of drug-likeness (QED) is 0.750. The molecule has 0 atom stereocenters. The van der Waals surface area contributed by atoms with Crippen molar-refractivity contribution in [3.63, 3.8) is 0 Å². The Hall–Kier alpha value is -3.29. The van der Waals surface area contributed by atoms with Crippen LogP contribution in [0.25, 0.3) is 6.08 Å². The van der Waals surface area contributed by atoms with Gasteiger partial charge in [-0.1, -0.05) is 12.1 Å². The van der Waals surface area contributed by atoms with E-state index in [4.69, 9.17) is 14.2 Å². The maximum Gasteiger partial charge on any atom is 0.387 e. The number of nitrogens with one attached hydrogen (secondary N) is 1. The maximum atomic E-state index is 12.3. The Morgan fingerprint density at radius 2 is 2.00 bits per heavy atom. The van der Waals surface area contributed by atoms with Crippen LogP contribution in [0.4, 0.5) is 8.78 Å². The fraction of sp³-hybridized carbons (Fsp3) is 0.211. The monoisotopic (exact) mass is 377 g/mol. The SMILES string of the molecule is COc1cc(/C=C/C(=O)NCc2ccc3c(c2)OCO3)ccc1OC(F)F. The van der Waals surface area contributed by atoms with Gasteiger partial charge < -0.3 is 24.3 Å². The fourth-order valence-electron chi connectivity index (χ4n) is 2.45. The summed E-state index contributed by atoms with van der Waals surface area (Å²) >= 11 is 0. The second-order valence-corrected chi connectivity index (χ2v) is 5.53. The van der Waals surface area contributed by atoms with Crippen LogP contribution in [0.15, 0.2) is 42.5 Å². The molecule has 6 nitrogen and oxygen atoms in total. The molecular weight excluding hydrogens is 360 g/mol. The molecule has 27 heavy (non-hydrogen) atoms. The molecule has 2 aromatic rings. The van der Waals surface area contributed by atoms with Gasteiger partial charge in [0.05, 0.1) is 7.11 Å². The zero-order valence-corrected chi connectivity index (χ0v) is 14.4. The van der Waals surface area contributed by atoms with E-state index in [9.17, 15) is 13.6 Å². The Morgan fingerprint density at radius 3 is 2.78 bits per heavy atom. The van der Waals surface area contributed by atoms with Gasteiger partial charge in [0.15, 0.2) is 23.0 Å². The smallest absolute Gasteiger partial charge is 0.387 e. The van der Waals surface area contributed by atoms with Crippen LogP contribution in [0.3, 0.4) is 0 Å². The number of hydrogen-bond acceptors (Lipinski definition) is 5. The van der Waals surface area contributed by atoms with Gasteiger partial charge >= 0.3 is 6.61 Å². The summed E-state index contributed by atoms with van der Waals surface area (Å²) in [4.78, 5) is 12.0. The molecule has 2 aromatic carbocycles. The van der Waals surface area contributed by atoms with Crippen LogP contribution in [0, 0.1) is 0 Å². The summed E-state index contributed by atoms with van der Waals surface area (Å²) in [6.07, 6.45) is 2.89. The van der Waals surface area contributed by atoms with Crippen LogP contribution in [-0.4, -0.2) is 26.4 Å². The molecule has 0 fully saturated rings. The minimum atomic E-state index is -2.94. The van der Waals surface area contributed by atoms with Crippen molar-refractivity contribution in [3.05, 3.63) is 53.6 Å². The lowest BCUT2D eigenvalue weighted by atomic mass is 10.2. The molecule has 0 aromatic heterocycles. The molecule has 3 rings (SSSR count). The highest BCUT2D eigenvalue weighted by atomic mass is 19.3. The van der Waals surface area contributed by atoms with E-state index in [0.29, 0.717) is 23.6 Å². The van der Waals surface area contributed by atoms with Gasteiger partial charge in [-0.25, -0.2) is 0 Å². The molecule has 142 valence electrons. The number of amides is 1. The van der Waals surface area contributed by atoms with Crippen LogP contribution in [0.2, 0.25) is 0 Å². The first-order chi connectivity index (χ1) is 13.0. The first-order valence-electron chi connectivity index (χ1n) is 8.02. The Balaban J connectivity index is 1.58. The Bertz CT molecular complexity index is 854. The maximum absolute atomic E-state index is 12.3. The second kappa shape index (κ2) is 8.39. The van der Waals surface area contributed by atoms with Gasteiger partial charge in [0.2, 0.25) is 12.7 Å². The molecule has 1 aliphatic rings. The summed E-state index contributed by atoms with van der Waals surface area (Å²) in [5, 5.41) is 2.75. The van der Waals surface area contributed by atoms with Crippen LogP contribution < -0.4 is 24.3 Å². The molecule has 8 heteroatoms. The van der Waals surface area contributed by atoms with E-state index in [1.807, 2.05) is 6.07 Å². The molecular formula is C19H17F2NO5. The molecule has 0 spiro atoms. The molecule has 1 heterocycles. The Kier molecular flexibility index (Phi) is 5.75. The molecule has 1 aliphatic heterocycles. The molecule has 0 aliphatic carbocycles. The Labute approximate surface area is 154 Å². The van der Waals surface area contributed by atoms with Crippen molar-refractivity contribution in [1.29, 1.82) is 0 Å². The van der Waals surface area contributed by atoms with Gasteiger partial charge in [-0.2, -0.15) is 8.78 Å². The number of methoxy groups -OCH3 is 1. The van der Waals surface area contributed by atoms with Gasteiger partial charge in [0, 0.05) is 12.6 Å². The van der Waals surface area contributed by atoms with Crippen molar-refractivity contribution in [3.8, 4) is 23.0 Å². The predicted octanol–water partition coefficient (Wildman–Crippen LogP) is 3.35. The third-order valence-electron chi connectivity index (χ3n) is 3.73. The van der Waals surface area contributed by atoms with E-state index in [1.54, 1.807) is 24.3 Å². The summed E-state index contributed by atoms with van der Waals surface area (Å²) in [5.41, 5.74) is 1.47. The Morgan fingerprint density at radius 1 is 1.19 bits per heavy atom. The summed E-state index contributed by atoms with van der Waals surface area (Å²) in [7, 11) is 1.35. The van der Waals surface area contributed by atoms with Gasteiger partial charge in [-0.3, -0.25) is 4.79 Å². The molecule has 1 amide bonds. The lowest BCUT2D eigenvalue weighted by molar-refractivity contribution is -0.116. The molecule has 0 bridgehead atoms. The van der Waals surface area contributed by atoms with Crippen molar-refractivity contribution < 1.29 is 32.5 Å². The largest absolute Gasteiger partial charge is 0.493 e. The van der Waals surface area contributed by atoms with E-state index >= 15 is 0 Å². The number of carbonyl (C=O) groups is 1. The fourth-order valence-corrected chi connectivity index (χ4v) is 2.45. The van der Waals surface area contributed by atoms with E-state index in [-0.39, 0.29) is 24.2 Å². The molecule has 0 saturated carbocycles. The van der Waals surface area contributed by atoms with Crippen molar-refractivity contribution in [2.45, 2.75) is 13.2 Å². The average molecular weight is 377 g/mol. The van der Waals surface area contributed by atoms with E-state index in [0.717, 1.165) is 5.56 Å². The number of ether oxygens (including phenoxy) is 4. The third-order valence-corrected chi connectivity index (χ3v) is 3.73. The van der Waals surface area contributed by atoms with Crippen molar-refractivity contribution >= 4 is 12.0 Å². The van der Waals surface area contributed by atoms with Crippen LogP contribution in [-0.2, 0) is 11.3 Å². The minimum absolute atomic E-state index is 0.0723. The van der Waals surface area contributed by atoms with Crippen molar-refractivity contribution in [2.24, 2.45) is 0 Å². The van der Waals surface area contributed by atoms with Gasteiger partial charge in [0.1, 0.15) is 0 Å². The van der Waals surface area contributed by atoms with Gasteiger partial charge in [-0.15, -0.1) is 0 Å². The zero-order chi connectivity index (χ0) is 19.2. The zero-order valence-electron chi connectivity index (χ0n) is 14.4. The number of alkyl halides is 2. The molecule has 0 unspecified atom stereocenters. The number of halogens is 2. The first-order valence-corrected chi connectivity index (χ1v) is 8.02. The number of hydrogen-bond donors (Lipinski definition) is 1. The molecule has 0 radical (unpaired) electrons. The van der Waals surface area contributed by atoms with Gasteiger partial charge in [-0.05, 0) is 41.5 Å².